The number of amides is 2. The number of nitrogens with one attached hydrogen (secondary N) is 1. The molecule has 1 fully saturated rings. The van der Waals surface area contributed by atoms with Crippen LogP contribution in [0.25, 0.3) is 0 Å². The molecule has 32 heavy (non-hydrogen) atoms. The van der Waals surface area contributed by atoms with E-state index in [1.54, 1.807) is 7.11 Å². The molecule has 2 aromatic rings. The number of methoxy groups -OCH3 is 1. The van der Waals surface area contributed by atoms with Gasteiger partial charge in [0.15, 0.2) is 5.82 Å². The number of carbonyl (C=O) groups excluding carboxylic acids is 1. The molecule has 3 atom stereocenters. The number of nitriles is 1. The van der Waals surface area contributed by atoms with Crippen LogP contribution >= 0.6 is 0 Å². The second-order valence-electron chi connectivity index (χ2n) is 7.56. The van der Waals surface area contributed by atoms with E-state index >= 15 is 0 Å². The van der Waals surface area contributed by atoms with Gasteiger partial charge in [0.1, 0.15) is 11.4 Å². The molecule has 0 radical (unpaired) electrons. The first kappa shape index (κ1) is 23.0. The molecular formula is C21H25FN6O4. The van der Waals surface area contributed by atoms with Crippen molar-refractivity contribution in [2.24, 2.45) is 11.7 Å². The molecule has 1 aliphatic heterocycles. The van der Waals surface area contributed by atoms with Crippen molar-refractivity contribution in [3.05, 3.63) is 41.8 Å². The number of nitrogens with two attached hydrogens (primary N) is 1. The quantitative estimate of drug-likeness (QED) is 0.531. The zero-order chi connectivity index (χ0) is 23.3. The number of piperidine rings is 1. The first-order valence-electron chi connectivity index (χ1n) is 10.1. The Hall–Kier alpha value is -3.65. The highest BCUT2D eigenvalue weighted by Crippen LogP contribution is 2.36. The maximum Gasteiger partial charge on any atom is 0.407 e. The average Bonchev–Trinajstić information content (AvgIpc) is 3.18. The van der Waals surface area contributed by atoms with Crippen molar-refractivity contribution in [2.45, 2.75) is 31.3 Å². The highest BCUT2D eigenvalue weighted by molar-refractivity contribution is 5.98. The fourth-order valence-electron chi connectivity index (χ4n) is 4.05. The molecule has 10 nitrogen and oxygen atoms in total. The Morgan fingerprint density at radius 2 is 2.12 bits per heavy atom. The summed E-state index contributed by atoms with van der Waals surface area (Å²) in [5.41, 5.74) is 6.14. The number of halogens is 1. The summed E-state index contributed by atoms with van der Waals surface area (Å²) in [6.45, 7) is 0.675. The molecule has 170 valence electrons. The number of benzene rings is 1. The summed E-state index contributed by atoms with van der Waals surface area (Å²) >= 11 is 0. The van der Waals surface area contributed by atoms with Crippen molar-refractivity contribution < 1.29 is 23.8 Å². The third kappa shape index (κ3) is 4.97. The number of carbonyl (C=O) groups is 2. The molecular weight excluding hydrogens is 419 g/mol. The largest absolute Gasteiger partial charge is 0.465 e. The number of hydrogen-bond donors (Lipinski definition) is 3. The Morgan fingerprint density at radius 1 is 1.41 bits per heavy atom. The standard InChI is InChI=1S/C21H25FN6O4/c1-32-10-2-3-17-15(11-23)18(8-9-27(17)21(30)31)28-12-16(19(24)29)20(26-28)25-14-6-4-13(22)5-7-14/h4-7,12,15,17-18H,2-3,8-10H2,1H3,(H2,24,29)(H,25,26)(H,30,31)/t15-,17?,18+/m1/s1. The lowest BCUT2D eigenvalue weighted by atomic mass is 9.83. The van der Waals surface area contributed by atoms with Gasteiger partial charge in [0, 0.05) is 32.1 Å². The van der Waals surface area contributed by atoms with Gasteiger partial charge in [-0.15, -0.1) is 0 Å². The van der Waals surface area contributed by atoms with Crippen LogP contribution in [0.5, 0.6) is 0 Å². The van der Waals surface area contributed by atoms with Gasteiger partial charge in [-0.1, -0.05) is 0 Å². The van der Waals surface area contributed by atoms with Crippen LogP contribution in [-0.4, -0.2) is 58.1 Å². The lowest BCUT2D eigenvalue weighted by Gasteiger charge is -2.41. The minimum absolute atomic E-state index is 0.114. The average molecular weight is 444 g/mol. The lowest BCUT2D eigenvalue weighted by molar-refractivity contribution is 0.0581. The van der Waals surface area contributed by atoms with E-state index in [9.17, 15) is 24.3 Å². The summed E-state index contributed by atoms with van der Waals surface area (Å²) < 4.78 is 19.8. The van der Waals surface area contributed by atoms with Crippen molar-refractivity contribution >= 4 is 23.5 Å². The molecule has 0 bridgehead atoms. The number of nitrogens with zero attached hydrogens (tertiary/aromatic N) is 4. The number of ether oxygens (including phenoxy) is 1. The maximum absolute atomic E-state index is 13.2. The molecule has 2 amide bonds. The third-order valence-corrected chi connectivity index (χ3v) is 5.58. The molecule has 0 saturated carbocycles. The predicted molar refractivity (Wildman–Crippen MR) is 113 cm³/mol. The predicted octanol–water partition coefficient (Wildman–Crippen LogP) is 2.72. The number of aromatic nitrogens is 2. The highest BCUT2D eigenvalue weighted by Gasteiger charge is 2.41. The topological polar surface area (TPSA) is 146 Å². The molecule has 3 rings (SSSR count). The van der Waals surface area contributed by atoms with E-state index in [1.807, 2.05) is 0 Å². The summed E-state index contributed by atoms with van der Waals surface area (Å²) in [4.78, 5) is 25.0. The molecule has 0 aliphatic carbocycles. The molecule has 4 N–H and O–H groups in total. The Bertz CT molecular complexity index is 1000. The van der Waals surface area contributed by atoms with Crippen molar-refractivity contribution in [1.82, 2.24) is 14.7 Å². The molecule has 1 unspecified atom stereocenters. The van der Waals surface area contributed by atoms with Crippen LogP contribution in [0.4, 0.5) is 20.7 Å². The van der Waals surface area contributed by atoms with Gasteiger partial charge >= 0.3 is 6.09 Å². The van der Waals surface area contributed by atoms with E-state index in [0.29, 0.717) is 31.6 Å². The number of hydrogen-bond acceptors (Lipinski definition) is 6. The van der Waals surface area contributed by atoms with Crippen molar-refractivity contribution in [3.8, 4) is 6.07 Å². The van der Waals surface area contributed by atoms with Crippen molar-refractivity contribution in [2.75, 3.05) is 25.6 Å². The first-order chi connectivity index (χ1) is 15.3. The Morgan fingerprint density at radius 3 is 2.72 bits per heavy atom. The second kappa shape index (κ2) is 10.1. The van der Waals surface area contributed by atoms with E-state index in [4.69, 9.17) is 10.5 Å². The number of rotatable bonds is 8. The summed E-state index contributed by atoms with van der Waals surface area (Å²) in [6, 6.07) is 6.77. The summed E-state index contributed by atoms with van der Waals surface area (Å²) in [6.07, 6.45) is 1.79. The smallest absolute Gasteiger partial charge is 0.407 e. The van der Waals surface area contributed by atoms with Crippen LogP contribution in [0.3, 0.4) is 0 Å². The van der Waals surface area contributed by atoms with E-state index in [2.05, 4.69) is 16.5 Å². The molecule has 11 heteroatoms. The lowest BCUT2D eigenvalue weighted by Crippen LogP contribution is -2.51. The van der Waals surface area contributed by atoms with Crippen LogP contribution in [0.2, 0.25) is 0 Å². The van der Waals surface area contributed by atoms with Gasteiger partial charge in [-0.2, -0.15) is 10.4 Å². The van der Waals surface area contributed by atoms with E-state index in [0.717, 1.165) is 0 Å². The molecule has 2 heterocycles. The Labute approximate surface area is 184 Å². The van der Waals surface area contributed by atoms with Crippen LogP contribution in [-0.2, 0) is 4.74 Å². The number of anilines is 2. The van der Waals surface area contributed by atoms with Gasteiger partial charge in [-0.05, 0) is 43.5 Å². The molecule has 1 aliphatic rings. The zero-order valence-corrected chi connectivity index (χ0v) is 17.6. The van der Waals surface area contributed by atoms with E-state index in [-0.39, 0.29) is 17.9 Å². The number of likely N-dealkylation sites (tertiary alicyclic amines) is 1. The summed E-state index contributed by atoms with van der Waals surface area (Å²) in [7, 11) is 1.56. The zero-order valence-electron chi connectivity index (χ0n) is 17.6. The molecule has 1 aromatic heterocycles. The van der Waals surface area contributed by atoms with E-state index in [1.165, 1.54) is 40.0 Å². The Kier molecular flexibility index (Phi) is 7.27. The SMILES string of the molecule is COCCCC1[C@@H](C#N)[C@@H](n2cc(C(N)=O)c(Nc3ccc(F)cc3)n2)CCN1C(=O)O. The number of primary amides is 1. The first-order valence-corrected chi connectivity index (χ1v) is 10.1. The van der Waals surface area contributed by atoms with Crippen LogP contribution < -0.4 is 11.1 Å². The van der Waals surface area contributed by atoms with Gasteiger partial charge in [0.2, 0.25) is 0 Å². The van der Waals surface area contributed by atoms with E-state index < -0.39 is 35.8 Å². The minimum atomic E-state index is -1.08. The van der Waals surface area contributed by atoms with Gasteiger partial charge in [-0.25, -0.2) is 9.18 Å². The Balaban J connectivity index is 1.91. The normalized spacial score (nSPS) is 20.5. The molecule has 1 saturated heterocycles. The van der Waals surface area contributed by atoms with Crippen molar-refractivity contribution in [3.63, 3.8) is 0 Å². The monoisotopic (exact) mass is 444 g/mol. The van der Waals surface area contributed by atoms with Gasteiger partial charge in [0.05, 0.1) is 24.1 Å². The minimum Gasteiger partial charge on any atom is -0.465 e. The summed E-state index contributed by atoms with van der Waals surface area (Å²) in [5.74, 6) is -1.62. The molecule has 1 aromatic carbocycles. The van der Waals surface area contributed by atoms with Crippen LogP contribution in [0.15, 0.2) is 30.5 Å². The maximum atomic E-state index is 13.2. The third-order valence-electron chi connectivity index (χ3n) is 5.58. The van der Waals surface area contributed by atoms with Crippen molar-refractivity contribution in [1.29, 1.82) is 5.26 Å². The van der Waals surface area contributed by atoms with Crippen LogP contribution in [0.1, 0.15) is 35.7 Å². The fraction of sp³-hybridized carbons (Fsp3) is 0.429. The fourth-order valence-corrected chi connectivity index (χ4v) is 4.05. The summed E-state index contributed by atoms with van der Waals surface area (Å²) in [5, 5.41) is 26.9. The van der Waals surface area contributed by atoms with Gasteiger partial charge < -0.3 is 25.8 Å². The van der Waals surface area contributed by atoms with Crippen LogP contribution in [0, 0.1) is 23.1 Å². The van der Waals surface area contributed by atoms with Gasteiger partial charge in [-0.3, -0.25) is 9.48 Å². The van der Waals surface area contributed by atoms with Gasteiger partial charge in [0.25, 0.3) is 5.91 Å². The second-order valence-corrected chi connectivity index (χ2v) is 7.56. The molecule has 0 spiro atoms. The number of carboxylic acid groups (broad SMARTS) is 1. The highest BCUT2D eigenvalue weighted by atomic mass is 19.1.